The predicted molar refractivity (Wildman–Crippen MR) is 111 cm³/mol. The zero-order valence-corrected chi connectivity index (χ0v) is 17.4. The molecule has 2 aromatic rings. The molecule has 2 atom stereocenters. The van der Waals surface area contributed by atoms with Gasteiger partial charge in [-0.05, 0) is 35.4 Å². The summed E-state index contributed by atoms with van der Waals surface area (Å²) in [7, 11) is 0. The van der Waals surface area contributed by atoms with Crippen LogP contribution < -0.4 is 0 Å². The van der Waals surface area contributed by atoms with Crippen molar-refractivity contribution in [3.05, 3.63) is 71.8 Å². The van der Waals surface area contributed by atoms with E-state index < -0.39 is 25.6 Å². The Bertz CT molecular complexity index is 803. The number of benzene rings is 2. The molecule has 0 fully saturated rings. The van der Waals surface area contributed by atoms with E-state index in [0.717, 1.165) is 0 Å². The fraction of sp³-hybridized carbons (Fsp3) is 0.263. The van der Waals surface area contributed by atoms with E-state index in [-0.39, 0.29) is 11.5 Å². The number of aromatic hydroxyl groups is 2. The maximum absolute atomic E-state index is 10.2. The van der Waals surface area contributed by atoms with Gasteiger partial charge in [-0.2, -0.15) is 0 Å². The van der Waals surface area contributed by atoms with Gasteiger partial charge in [-0.3, -0.25) is 0 Å². The molecule has 2 unspecified atom stereocenters. The predicted octanol–water partition coefficient (Wildman–Crippen LogP) is 5.49. The minimum atomic E-state index is -2.00. The van der Waals surface area contributed by atoms with Gasteiger partial charge in [0.2, 0.25) is 0 Å². The standard InChI is InChI=1S/C19H15Cl5O3/c20-17(10-9-15(27)18(21,22)19(17,23)24)16(11-1-5-13(25)6-2-11)12-3-7-14(26)8-4-12/h1-10,15-16,25-27H. The number of rotatable bonds is 3. The van der Waals surface area contributed by atoms with E-state index in [0.29, 0.717) is 11.1 Å². The maximum Gasteiger partial charge on any atom is 0.182 e. The third-order valence-electron chi connectivity index (χ3n) is 4.67. The third-order valence-corrected chi connectivity index (χ3v) is 8.11. The molecule has 8 heteroatoms. The van der Waals surface area contributed by atoms with Crippen LogP contribution in [0.2, 0.25) is 0 Å². The topological polar surface area (TPSA) is 60.7 Å². The van der Waals surface area contributed by atoms with E-state index in [1.54, 1.807) is 24.3 Å². The second kappa shape index (κ2) is 7.22. The summed E-state index contributed by atoms with van der Waals surface area (Å²) >= 11 is 32.7. The van der Waals surface area contributed by atoms with Crippen molar-refractivity contribution >= 4 is 58.0 Å². The fourth-order valence-corrected chi connectivity index (χ4v) is 4.78. The molecule has 3 N–H and O–H groups in total. The monoisotopic (exact) mass is 466 g/mol. The highest BCUT2D eigenvalue weighted by molar-refractivity contribution is 6.66. The van der Waals surface area contributed by atoms with Crippen LogP contribution in [0, 0.1) is 0 Å². The molecule has 27 heavy (non-hydrogen) atoms. The van der Waals surface area contributed by atoms with Crippen molar-refractivity contribution < 1.29 is 15.3 Å². The molecule has 3 rings (SSSR count). The summed E-state index contributed by atoms with van der Waals surface area (Å²) in [6.45, 7) is 0. The van der Waals surface area contributed by atoms with Gasteiger partial charge < -0.3 is 15.3 Å². The van der Waals surface area contributed by atoms with Crippen LogP contribution in [0.5, 0.6) is 11.5 Å². The first-order chi connectivity index (χ1) is 12.5. The first-order valence-corrected chi connectivity index (χ1v) is 9.79. The summed E-state index contributed by atoms with van der Waals surface area (Å²) in [5.41, 5.74) is 1.34. The molecule has 0 bridgehead atoms. The Morgan fingerprint density at radius 1 is 0.741 bits per heavy atom. The zero-order chi connectivity index (χ0) is 20.0. The Morgan fingerprint density at radius 2 is 1.15 bits per heavy atom. The van der Waals surface area contributed by atoms with Gasteiger partial charge in [0.05, 0.1) is 0 Å². The van der Waals surface area contributed by atoms with Crippen LogP contribution in [0.4, 0.5) is 0 Å². The number of hydrogen-bond donors (Lipinski definition) is 3. The normalized spacial score (nSPS) is 26.3. The molecule has 3 nitrogen and oxygen atoms in total. The first kappa shape index (κ1) is 20.9. The number of phenols is 2. The van der Waals surface area contributed by atoms with Crippen molar-refractivity contribution in [1.82, 2.24) is 0 Å². The Balaban J connectivity index is 2.25. The molecule has 0 aromatic heterocycles. The van der Waals surface area contributed by atoms with E-state index in [9.17, 15) is 15.3 Å². The molecule has 0 spiro atoms. The Labute approximate surface area is 181 Å². The van der Waals surface area contributed by atoms with Gasteiger partial charge in [0.1, 0.15) is 22.5 Å². The van der Waals surface area contributed by atoms with E-state index in [2.05, 4.69) is 0 Å². The van der Waals surface area contributed by atoms with Crippen LogP contribution in [-0.2, 0) is 0 Å². The van der Waals surface area contributed by atoms with E-state index in [4.69, 9.17) is 58.0 Å². The molecule has 0 saturated heterocycles. The number of aliphatic hydroxyl groups is 1. The van der Waals surface area contributed by atoms with Gasteiger partial charge in [-0.15, -0.1) is 11.6 Å². The maximum atomic E-state index is 10.2. The molecule has 0 aliphatic heterocycles. The first-order valence-electron chi connectivity index (χ1n) is 7.90. The van der Waals surface area contributed by atoms with Crippen molar-refractivity contribution in [2.24, 2.45) is 0 Å². The van der Waals surface area contributed by atoms with E-state index in [1.807, 2.05) is 0 Å². The molecule has 1 aliphatic carbocycles. The second-order valence-electron chi connectivity index (χ2n) is 6.39. The molecular weight excluding hydrogens is 453 g/mol. The molecule has 144 valence electrons. The van der Waals surface area contributed by atoms with Crippen LogP contribution in [0.3, 0.4) is 0 Å². The van der Waals surface area contributed by atoms with Crippen molar-refractivity contribution in [1.29, 1.82) is 0 Å². The Morgan fingerprint density at radius 3 is 1.56 bits per heavy atom. The van der Waals surface area contributed by atoms with E-state index in [1.165, 1.54) is 36.4 Å². The summed E-state index contributed by atoms with van der Waals surface area (Å²) in [5.74, 6) is -0.516. The van der Waals surface area contributed by atoms with Crippen LogP contribution >= 0.6 is 58.0 Å². The van der Waals surface area contributed by atoms with Gasteiger partial charge in [0.25, 0.3) is 0 Å². The van der Waals surface area contributed by atoms with Crippen molar-refractivity contribution in [2.75, 3.05) is 0 Å². The van der Waals surface area contributed by atoms with Crippen LogP contribution in [-0.4, -0.2) is 35.0 Å². The summed E-state index contributed by atoms with van der Waals surface area (Å²) < 4.78 is -3.99. The van der Waals surface area contributed by atoms with Crippen LogP contribution in [0.15, 0.2) is 60.7 Å². The largest absolute Gasteiger partial charge is 0.508 e. The highest BCUT2D eigenvalue weighted by atomic mass is 35.5. The minimum absolute atomic E-state index is 0.0773. The lowest BCUT2D eigenvalue weighted by molar-refractivity contribution is 0.179. The molecule has 0 radical (unpaired) electrons. The lowest BCUT2D eigenvalue weighted by Crippen LogP contribution is -2.61. The zero-order valence-electron chi connectivity index (χ0n) is 13.7. The number of aliphatic hydroxyl groups excluding tert-OH is 1. The fourth-order valence-electron chi connectivity index (χ4n) is 3.19. The number of hydrogen-bond acceptors (Lipinski definition) is 3. The van der Waals surface area contributed by atoms with E-state index >= 15 is 0 Å². The molecule has 0 heterocycles. The minimum Gasteiger partial charge on any atom is -0.508 e. The highest BCUT2D eigenvalue weighted by Crippen LogP contribution is 2.62. The second-order valence-corrected chi connectivity index (χ2v) is 9.72. The average molecular weight is 469 g/mol. The third kappa shape index (κ3) is 3.39. The smallest absolute Gasteiger partial charge is 0.182 e. The summed E-state index contributed by atoms with van der Waals surface area (Å²) in [6.07, 6.45) is 1.50. The van der Waals surface area contributed by atoms with Gasteiger partial charge in [0, 0.05) is 5.92 Å². The van der Waals surface area contributed by atoms with Crippen LogP contribution in [0.25, 0.3) is 0 Å². The lowest BCUT2D eigenvalue weighted by Gasteiger charge is -2.51. The molecule has 0 amide bonds. The molecular formula is C19H15Cl5O3. The number of alkyl halides is 5. The Hall–Kier alpha value is -0.810. The highest BCUT2D eigenvalue weighted by Gasteiger charge is 2.67. The SMILES string of the molecule is Oc1ccc(C(c2ccc(O)cc2)C2(Cl)C=CC(O)C(Cl)(Cl)C2(Cl)Cl)cc1. The Kier molecular flexibility index (Phi) is 5.59. The van der Waals surface area contributed by atoms with Gasteiger partial charge in [-0.25, -0.2) is 0 Å². The molecule has 1 aliphatic rings. The summed E-state index contributed by atoms with van der Waals surface area (Å²) in [6, 6.07) is 12.7. The lowest BCUT2D eigenvalue weighted by atomic mass is 9.74. The average Bonchev–Trinajstić information content (AvgIpc) is 2.61. The van der Waals surface area contributed by atoms with Gasteiger partial charge >= 0.3 is 0 Å². The number of halogens is 5. The molecule has 0 saturated carbocycles. The molecule has 2 aromatic carbocycles. The van der Waals surface area contributed by atoms with Crippen molar-refractivity contribution in [3.63, 3.8) is 0 Å². The number of phenolic OH excluding ortho intramolecular Hbond substituents is 2. The van der Waals surface area contributed by atoms with Gasteiger partial charge in [-0.1, -0.05) is 82.8 Å². The summed E-state index contributed by atoms with van der Waals surface area (Å²) in [4.78, 5) is -1.56. The van der Waals surface area contributed by atoms with Crippen molar-refractivity contribution in [2.45, 2.75) is 25.6 Å². The van der Waals surface area contributed by atoms with Crippen molar-refractivity contribution in [3.8, 4) is 11.5 Å². The van der Waals surface area contributed by atoms with Gasteiger partial charge in [0.15, 0.2) is 8.67 Å². The van der Waals surface area contributed by atoms with Crippen LogP contribution in [0.1, 0.15) is 17.0 Å². The number of allylic oxidation sites excluding steroid dienone is 1. The quantitative estimate of drug-likeness (QED) is 0.413. The summed E-state index contributed by atoms with van der Waals surface area (Å²) in [5, 5.41) is 29.4.